The SMILES string of the molecule is CC1(C)CCC(NS(=O)(=O)c2ccc(Cl)c(CO)c2)CC1. The molecule has 6 heteroatoms. The van der Waals surface area contributed by atoms with E-state index in [1.54, 1.807) is 0 Å². The zero-order chi connectivity index (χ0) is 15.7. The molecule has 1 fully saturated rings. The highest BCUT2D eigenvalue weighted by atomic mass is 35.5. The molecule has 118 valence electrons. The van der Waals surface area contributed by atoms with Crippen LogP contribution in [0, 0.1) is 5.41 Å². The van der Waals surface area contributed by atoms with Gasteiger partial charge in [0.15, 0.2) is 0 Å². The van der Waals surface area contributed by atoms with Crippen LogP contribution in [-0.2, 0) is 16.6 Å². The topological polar surface area (TPSA) is 66.4 Å². The summed E-state index contributed by atoms with van der Waals surface area (Å²) in [6.45, 7) is 4.15. The van der Waals surface area contributed by atoms with Gasteiger partial charge in [0.25, 0.3) is 0 Å². The number of nitrogens with one attached hydrogen (secondary N) is 1. The Hall–Kier alpha value is -0.620. The van der Waals surface area contributed by atoms with Gasteiger partial charge in [0, 0.05) is 11.1 Å². The van der Waals surface area contributed by atoms with Gasteiger partial charge in [0.1, 0.15) is 0 Å². The zero-order valence-corrected chi connectivity index (χ0v) is 14.0. The molecule has 0 aliphatic heterocycles. The third kappa shape index (κ3) is 4.19. The molecule has 0 unspecified atom stereocenters. The molecular weight excluding hydrogens is 310 g/mol. The second kappa shape index (κ2) is 6.24. The summed E-state index contributed by atoms with van der Waals surface area (Å²) in [5.41, 5.74) is 0.719. The lowest BCUT2D eigenvalue weighted by Crippen LogP contribution is -2.39. The van der Waals surface area contributed by atoms with Gasteiger partial charge in [-0.1, -0.05) is 25.4 Å². The van der Waals surface area contributed by atoms with E-state index in [0.29, 0.717) is 16.0 Å². The van der Waals surface area contributed by atoms with Gasteiger partial charge in [-0.2, -0.15) is 0 Å². The van der Waals surface area contributed by atoms with Crippen molar-refractivity contribution in [3.8, 4) is 0 Å². The first kappa shape index (κ1) is 16.7. The Morgan fingerprint density at radius 2 is 1.95 bits per heavy atom. The van der Waals surface area contributed by atoms with Crippen LogP contribution in [0.3, 0.4) is 0 Å². The van der Waals surface area contributed by atoms with E-state index in [1.807, 2.05) is 0 Å². The van der Waals surface area contributed by atoms with Gasteiger partial charge in [-0.05, 0) is 54.9 Å². The van der Waals surface area contributed by atoms with Crippen LogP contribution in [0.25, 0.3) is 0 Å². The molecule has 1 saturated carbocycles. The molecule has 0 atom stereocenters. The first-order valence-corrected chi connectivity index (χ1v) is 9.01. The van der Waals surface area contributed by atoms with Gasteiger partial charge in [-0.3, -0.25) is 0 Å². The monoisotopic (exact) mass is 331 g/mol. The van der Waals surface area contributed by atoms with Crippen LogP contribution < -0.4 is 4.72 Å². The van der Waals surface area contributed by atoms with Crippen LogP contribution >= 0.6 is 11.6 Å². The van der Waals surface area contributed by atoms with Gasteiger partial charge in [0.05, 0.1) is 11.5 Å². The molecule has 4 nitrogen and oxygen atoms in total. The Bertz CT molecular complexity index is 603. The lowest BCUT2D eigenvalue weighted by atomic mass is 9.76. The standard InChI is InChI=1S/C15H22ClNO3S/c1-15(2)7-5-12(6-8-15)17-21(19,20)13-3-4-14(16)11(9-13)10-18/h3-4,9,12,17-18H,5-8,10H2,1-2H3. The summed E-state index contributed by atoms with van der Waals surface area (Å²) >= 11 is 5.89. The predicted molar refractivity (Wildman–Crippen MR) is 83.7 cm³/mol. The highest BCUT2D eigenvalue weighted by Crippen LogP contribution is 2.35. The smallest absolute Gasteiger partial charge is 0.240 e. The zero-order valence-electron chi connectivity index (χ0n) is 12.4. The van der Waals surface area contributed by atoms with E-state index in [-0.39, 0.29) is 17.5 Å². The molecular formula is C15H22ClNO3S. The third-order valence-corrected chi connectivity index (χ3v) is 6.05. The Kier molecular flexibility index (Phi) is 4.98. The van der Waals surface area contributed by atoms with E-state index in [1.165, 1.54) is 18.2 Å². The van der Waals surface area contributed by atoms with Crippen molar-refractivity contribution >= 4 is 21.6 Å². The minimum atomic E-state index is -3.57. The maximum atomic E-state index is 12.4. The van der Waals surface area contributed by atoms with E-state index in [9.17, 15) is 13.5 Å². The van der Waals surface area contributed by atoms with Crippen molar-refractivity contribution in [1.29, 1.82) is 0 Å². The lowest BCUT2D eigenvalue weighted by molar-refractivity contribution is 0.218. The molecule has 0 heterocycles. The number of halogens is 1. The van der Waals surface area contributed by atoms with Gasteiger partial charge < -0.3 is 5.11 Å². The molecule has 0 bridgehead atoms. The summed E-state index contributed by atoms with van der Waals surface area (Å²) in [4.78, 5) is 0.154. The molecule has 0 saturated heterocycles. The molecule has 21 heavy (non-hydrogen) atoms. The third-order valence-electron chi connectivity index (χ3n) is 4.16. The largest absolute Gasteiger partial charge is 0.392 e. The number of sulfonamides is 1. The molecule has 0 spiro atoms. The first-order chi connectivity index (χ1) is 9.73. The van der Waals surface area contributed by atoms with E-state index in [2.05, 4.69) is 18.6 Å². The number of aliphatic hydroxyl groups excluding tert-OH is 1. The van der Waals surface area contributed by atoms with Crippen molar-refractivity contribution in [2.24, 2.45) is 5.41 Å². The van der Waals surface area contributed by atoms with Crippen molar-refractivity contribution in [3.05, 3.63) is 28.8 Å². The number of hydrogen-bond donors (Lipinski definition) is 2. The molecule has 0 amide bonds. The molecule has 0 aromatic heterocycles. The normalized spacial score (nSPS) is 19.6. The summed E-state index contributed by atoms with van der Waals surface area (Å²) in [7, 11) is -3.57. The highest BCUT2D eigenvalue weighted by molar-refractivity contribution is 7.89. The Morgan fingerprint density at radius 3 is 2.52 bits per heavy atom. The average molecular weight is 332 g/mol. The number of aliphatic hydroxyl groups is 1. The minimum absolute atomic E-state index is 0.0173. The summed E-state index contributed by atoms with van der Waals surface area (Å²) < 4.78 is 27.6. The molecule has 1 aromatic carbocycles. The molecule has 0 radical (unpaired) electrons. The highest BCUT2D eigenvalue weighted by Gasteiger charge is 2.29. The second-order valence-corrected chi connectivity index (χ2v) is 8.59. The minimum Gasteiger partial charge on any atom is -0.392 e. The lowest BCUT2D eigenvalue weighted by Gasteiger charge is -2.34. The molecule has 1 aromatic rings. The van der Waals surface area contributed by atoms with E-state index >= 15 is 0 Å². The maximum absolute atomic E-state index is 12.4. The molecule has 2 rings (SSSR count). The summed E-state index contributed by atoms with van der Waals surface area (Å²) in [6.07, 6.45) is 3.74. The van der Waals surface area contributed by atoms with Crippen molar-refractivity contribution in [2.75, 3.05) is 0 Å². The predicted octanol–water partition coefficient (Wildman–Crippen LogP) is 3.08. The number of benzene rings is 1. The van der Waals surface area contributed by atoms with E-state index in [4.69, 9.17) is 11.6 Å². The Labute approximate surface area is 131 Å². The maximum Gasteiger partial charge on any atom is 0.240 e. The van der Waals surface area contributed by atoms with Gasteiger partial charge in [0.2, 0.25) is 10.0 Å². The Morgan fingerprint density at radius 1 is 1.33 bits per heavy atom. The van der Waals surface area contributed by atoms with E-state index in [0.717, 1.165) is 25.7 Å². The molecule has 1 aliphatic carbocycles. The van der Waals surface area contributed by atoms with Crippen LogP contribution in [-0.4, -0.2) is 19.6 Å². The number of hydrogen-bond acceptors (Lipinski definition) is 3. The first-order valence-electron chi connectivity index (χ1n) is 7.15. The van der Waals surface area contributed by atoms with E-state index < -0.39 is 10.0 Å². The fourth-order valence-corrected chi connectivity index (χ4v) is 4.18. The Balaban J connectivity index is 2.12. The molecule has 2 N–H and O–H groups in total. The summed E-state index contributed by atoms with van der Waals surface area (Å²) in [5, 5.41) is 9.56. The summed E-state index contributed by atoms with van der Waals surface area (Å²) in [6, 6.07) is 4.39. The van der Waals surface area contributed by atoms with Crippen molar-refractivity contribution in [2.45, 2.75) is 57.1 Å². The quantitative estimate of drug-likeness (QED) is 0.891. The van der Waals surface area contributed by atoms with Crippen molar-refractivity contribution in [1.82, 2.24) is 4.72 Å². The van der Waals surface area contributed by atoms with Crippen LogP contribution in [0.4, 0.5) is 0 Å². The van der Waals surface area contributed by atoms with Crippen LogP contribution in [0.2, 0.25) is 5.02 Å². The van der Waals surface area contributed by atoms with Crippen LogP contribution in [0.1, 0.15) is 45.1 Å². The number of rotatable bonds is 4. The average Bonchev–Trinajstić information content (AvgIpc) is 2.41. The van der Waals surface area contributed by atoms with Crippen molar-refractivity contribution < 1.29 is 13.5 Å². The molecule has 1 aliphatic rings. The van der Waals surface area contributed by atoms with Gasteiger partial charge in [-0.15, -0.1) is 0 Å². The summed E-state index contributed by atoms with van der Waals surface area (Å²) in [5.74, 6) is 0. The fourth-order valence-electron chi connectivity index (χ4n) is 2.64. The van der Waals surface area contributed by atoms with Gasteiger partial charge >= 0.3 is 0 Å². The fraction of sp³-hybridized carbons (Fsp3) is 0.600. The second-order valence-electron chi connectivity index (χ2n) is 6.47. The van der Waals surface area contributed by atoms with Crippen LogP contribution in [0.5, 0.6) is 0 Å². The van der Waals surface area contributed by atoms with Gasteiger partial charge in [-0.25, -0.2) is 13.1 Å². The van der Waals surface area contributed by atoms with Crippen LogP contribution in [0.15, 0.2) is 23.1 Å². The van der Waals surface area contributed by atoms with Crippen molar-refractivity contribution in [3.63, 3.8) is 0 Å².